The Bertz CT molecular complexity index is 1570. The van der Waals surface area contributed by atoms with Crippen molar-refractivity contribution in [3.05, 3.63) is 107 Å². The smallest absolute Gasteiger partial charge is 0.315 e. The average molecular weight is 496 g/mol. The Morgan fingerprint density at radius 2 is 1.69 bits per heavy atom. The summed E-state index contributed by atoms with van der Waals surface area (Å²) in [6.07, 6.45) is 0. The summed E-state index contributed by atoms with van der Waals surface area (Å²) in [5.41, 5.74) is 3.42. The molecule has 0 aliphatic carbocycles. The van der Waals surface area contributed by atoms with Gasteiger partial charge in [-0.2, -0.15) is 5.10 Å². The fourth-order valence-corrected chi connectivity index (χ4v) is 5.07. The number of nitrogens with zero attached hydrogens (tertiary/aromatic N) is 3. The Kier molecular flexibility index (Phi) is 6.86. The average Bonchev–Trinajstić information content (AvgIpc) is 3.30. The predicted molar refractivity (Wildman–Crippen MR) is 144 cm³/mol. The molecule has 180 valence electrons. The monoisotopic (exact) mass is 495 g/mol. The summed E-state index contributed by atoms with van der Waals surface area (Å²) in [6.45, 7) is 2.89. The van der Waals surface area contributed by atoms with Gasteiger partial charge in [0.25, 0.3) is 5.56 Å². The molecule has 2 amide bonds. The first kappa shape index (κ1) is 23.4. The van der Waals surface area contributed by atoms with Crippen molar-refractivity contribution >= 4 is 28.1 Å². The van der Waals surface area contributed by atoms with E-state index in [9.17, 15) is 9.59 Å². The molecule has 0 fully saturated rings. The van der Waals surface area contributed by atoms with Gasteiger partial charge in [0.2, 0.25) is 0 Å². The molecule has 0 bridgehead atoms. The Hall–Kier alpha value is -4.30. The molecular formula is C28H25N5O2S. The highest BCUT2D eigenvalue weighted by Crippen LogP contribution is 2.33. The molecule has 2 N–H and O–H groups in total. The number of benzene rings is 3. The minimum atomic E-state index is -0.294. The van der Waals surface area contributed by atoms with Gasteiger partial charge >= 0.3 is 6.03 Å². The van der Waals surface area contributed by atoms with E-state index in [0.29, 0.717) is 12.2 Å². The summed E-state index contributed by atoms with van der Waals surface area (Å²) in [6, 6.07) is 27.0. The van der Waals surface area contributed by atoms with Crippen LogP contribution in [0.25, 0.3) is 31.9 Å². The van der Waals surface area contributed by atoms with Crippen molar-refractivity contribution in [3.63, 3.8) is 0 Å². The number of urea groups is 1. The van der Waals surface area contributed by atoms with Gasteiger partial charge in [-0.15, -0.1) is 11.3 Å². The van der Waals surface area contributed by atoms with E-state index in [1.54, 1.807) is 17.4 Å². The van der Waals surface area contributed by atoms with E-state index in [1.807, 2.05) is 79.7 Å². The molecule has 0 aliphatic rings. The number of carbonyl (C=O) groups excluding carboxylic acids is 1. The topological polar surface area (TPSA) is 88.9 Å². The lowest BCUT2D eigenvalue weighted by Gasteiger charge is -2.11. The molecule has 5 aromatic rings. The number of hydrogen-bond acceptors (Lipinski definition) is 5. The SMILES string of the molecule is Cc1nc(-c2ccccc2)sc1-c1ccc(=O)n(CCNC(=O)NCc2cccc3ccccc23)n1. The largest absolute Gasteiger partial charge is 0.336 e. The molecule has 0 saturated heterocycles. The number of carbonyl (C=O) groups is 1. The number of hydrogen-bond donors (Lipinski definition) is 2. The Balaban J connectivity index is 1.21. The molecule has 8 heteroatoms. The van der Waals surface area contributed by atoms with Crippen LogP contribution in [-0.2, 0) is 13.1 Å². The zero-order valence-corrected chi connectivity index (χ0v) is 20.6. The van der Waals surface area contributed by atoms with Crippen molar-refractivity contribution in [2.75, 3.05) is 6.54 Å². The van der Waals surface area contributed by atoms with Crippen molar-refractivity contribution in [2.24, 2.45) is 0 Å². The van der Waals surface area contributed by atoms with Gasteiger partial charge in [-0.1, -0.05) is 72.8 Å². The molecule has 0 atom stereocenters. The van der Waals surface area contributed by atoms with Crippen molar-refractivity contribution in [2.45, 2.75) is 20.0 Å². The van der Waals surface area contributed by atoms with Gasteiger partial charge in [0, 0.05) is 24.7 Å². The third-order valence-electron chi connectivity index (χ3n) is 5.85. The van der Waals surface area contributed by atoms with E-state index in [4.69, 9.17) is 0 Å². The molecule has 0 saturated carbocycles. The third-order valence-corrected chi connectivity index (χ3v) is 7.07. The summed E-state index contributed by atoms with van der Waals surface area (Å²) in [4.78, 5) is 30.4. The van der Waals surface area contributed by atoms with Gasteiger partial charge in [-0.25, -0.2) is 14.5 Å². The van der Waals surface area contributed by atoms with Crippen LogP contribution >= 0.6 is 11.3 Å². The molecule has 3 aromatic carbocycles. The number of fused-ring (bicyclic) bond motifs is 1. The molecule has 36 heavy (non-hydrogen) atoms. The van der Waals surface area contributed by atoms with Crippen molar-refractivity contribution in [1.82, 2.24) is 25.4 Å². The lowest BCUT2D eigenvalue weighted by atomic mass is 10.0. The van der Waals surface area contributed by atoms with Gasteiger partial charge in [-0.05, 0) is 29.3 Å². The van der Waals surface area contributed by atoms with Crippen LogP contribution in [0.5, 0.6) is 0 Å². The normalized spacial score (nSPS) is 10.9. The Labute approximate surface area is 212 Å². The molecule has 0 unspecified atom stereocenters. The number of aromatic nitrogens is 3. The quantitative estimate of drug-likeness (QED) is 0.333. The fourth-order valence-electron chi connectivity index (χ4n) is 4.03. The molecule has 2 aromatic heterocycles. The van der Waals surface area contributed by atoms with Crippen LogP contribution in [0.2, 0.25) is 0 Å². The highest BCUT2D eigenvalue weighted by molar-refractivity contribution is 7.18. The number of aryl methyl sites for hydroxylation is 1. The summed E-state index contributed by atoms with van der Waals surface area (Å²) < 4.78 is 1.38. The van der Waals surface area contributed by atoms with Crippen LogP contribution in [0.1, 0.15) is 11.3 Å². The number of rotatable bonds is 7. The lowest BCUT2D eigenvalue weighted by molar-refractivity contribution is 0.240. The van der Waals surface area contributed by atoms with Crippen LogP contribution in [-0.4, -0.2) is 27.3 Å². The minimum absolute atomic E-state index is 0.220. The second kappa shape index (κ2) is 10.5. The van der Waals surface area contributed by atoms with Crippen LogP contribution < -0.4 is 16.2 Å². The zero-order chi connectivity index (χ0) is 24.9. The molecule has 7 nitrogen and oxygen atoms in total. The van der Waals surface area contributed by atoms with Gasteiger partial charge in [0.15, 0.2) is 0 Å². The van der Waals surface area contributed by atoms with E-state index < -0.39 is 0 Å². The first-order valence-electron chi connectivity index (χ1n) is 11.7. The molecule has 0 spiro atoms. The maximum Gasteiger partial charge on any atom is 0.315 e. The Morgan fingerprint density at radius 3 is 2.56 bits per heavy atom. The van der Waals surface area contributed by atoms with Crippen molar-refractivity contribution in [1.29, 1.82) is 0 Å². The molecule has 0 aliphatic heterocycles. The number of thiazole rings is 1. The van der Waals surface area contributed by atoms with E-state index in [0.717, 1.165) is 37.5 Å². The van der Waals surface area contributed by atoms with Crippen LogP contribution in [0, 0.1) is 6.92 Å². The highest BCUT2D eigenvalue weighted by atomic mass is 32.1. The summed E-state index contributed by atoms with van der Waals surface area (Å²) in [5, 5.41) is 13.4. The van der Waals surface area contributed by atoms with E-state index in [2.05, 4.69) is 20.7 Å². The summed E-state index contributed by atoms with van der Waals surface area (Å²) >= 11 is 1.55. The first-order chi connectivity index (χ1) is 17.6. The molecule has 5 rings (SSSR count). The number of amides is 2. The van der Waals surface area contributed by atoms with E-state index in [1.165, 1.54) is 10.7 Å². The molecule has 0 radical (unpaired) electrons. The lowest BCUT2D eigenvalue weighted by Crippen LogP contribution is -2.38. The van der Waals surface area contributed by atoms with Crippen LogP contribution in [0.3, 0.4) is 0 Å². The second-order valence-corrected chi connectivity index (χ2v) is 9.33. The number of nitrogens with one attached hydrogen (secondary N) is 2. The molecule has 2 heterocycles. The fraction of sp³-hybridized carbons (Fsp3) is 0.143. The van der Waals surface area contributed by atoms with Crippen molar-refractivity contribution < 1.29 is 4.79 Å². The highest BCUT2D eigenvalue weighted by Gasteiger charge is 2.14. The van der Waals surface area contributed by atoms with Crippen molar-refractivity contribution in [3.8, 4) is 21.1 Å². The van der Waals surface area contributed by atoms with Crippen LogP contribution in [0.4, 0.5) is 4.79 Å². The Morgan fingerprint density at radius 1 is 0.917 bits per heavy atom. The minimum Gasteiger partial charge on any atom is -0.336 e. The third kappa shape index (κ3) is 5.18. The van der Waals surface area contributed by atoms with Gasteiger partial charge in [0.1, 0.15) is 10.7 Å². The van der Waals surface area contributed by atoms with Gasteiger partial charge in [0.05, 0.1) is 17.1 Å². The maximum absolute atomic E-state index is 12.4. The van der Waals surface area contributed by atoms with Gasteiger partial charge < -0.3 is 10.6 Å². The van der Waals surface area contributed by atoms with Gasteiger partial charge in [-0.3, -0.25) is 4.79 Å². The van der Waals surface area contributed by atoms with E-state index >= 15 is 0 Å². The predicted octanol–water partition coefficient (Wildman–Crippen LogP) is 4.99. The van der Waals surface area contributed by atoms with Crippen LogP contribution in [0.15, 0.2) is 89.7 Å². The summed E-state index contributed by atoms with van der Waals surface area (Å²) in [5.74, 6) is 0. The second-order valence-electron chi connectivity index (χ2n) is 8.33. The maximum atomic E-state index is 12.4. The zero-order valence-electron chi connectivity index (χ0n) is 19.8. The molecular weight excluding hydrogens is 470 g/mol. The van der Waals surface area contributed by atoms with E-state index in [-0.39, 0.29) is 24.7 Å². The standard InChI is InChI=1S/C28H25N5O2S/c1-19-26(36-27(31-19)21-9-3-2-4-10-21)24-14-15-25(34)33(32-24)17-16-29-28(35)30-18-22-12-7-11-20-8-5-6-13-23(20)22/h2-15H,16-18H2,1H3,(H2,29,30,35). The first-order valence-corrected chi connectivity index (χ1v) is 12.5. The summed E-state index contributed by atoms with van der Waals surface area (Å²) in [7, 11) is 0.